The lowest BCUT2D eigenvalue weighted by Gasteiger charge is -2.26. The van der Waals surface area contributed by atoms with Crippen molar-refractivity contribution in [3.8, 4) is 0 Å². The molecule has 21 heavy (non-hydrogen) atoms. The van der Waals surface area contributed by atoms with Gasteiger partial charge in [0.1, 0.15) is 0 Å². The molecule has 0 radical (unpaired) electrons. The summed E-state index contributed by atoms with van der Waals surface area (Å²) in [5.41, 5.74) is 0.729. The zero-order valence-electron chi connectivity index (χ0n) is 12.2. The zero-order chi connectivity index (χ0) is 15.5. The van der Waals surface area contributed by atoms with Crippen molar-refractivity contribution in [2.75, 3.05) is 14.2 Å². The second kappa shape index (κ2) is 6.24. The van der Waals surface area contributed by atoms with Crippen LogP contribution in [-0.2, 0) is 34.3 Å². The highest BCUT2D eigenvalue weighted by Gasteiger charge is 2.54. The van der Waals surface area contributed by atoms with Gasteiger partial charge in [0.15, 0.2) is 18.0 Å². The van der Waals surface area contributed by atoms with Crippen molar-refractivity contribution in [1.29, 1.82) is 0 Å². The van der Waals surface area contributed by atoms with Crippen molar-refractivity contribution in [2.24, 2.45) is 0 Å². The van der Waals surface area contributed by atoms with E-state index in [-0.39, 0.29) is 0 Å². The number of hydrogen-bond acceptors (Lipinski definition) is 6. The molecule has 2 rings (SSSR count). The third-order valence-electron chi connectivity index (χ3n) is 3.46. The number of ether oxygens (including phenoxy) is 4. The number of rotatable bonds is 4. The molecule has 1 aliphatic heterocycles. The SMILES string of the molecule is CCC1(c2ccccc2)O[C@@H](C(=O)OC)[C@H](C(=O)OC)O1. The van der Waals surface area contributed by atoms with Gasteiger partial charge >= 0.3 is 11.9 Å². The normalized spacial score (nSPS) is 23.6. The first kappa shape index (κ1) is 15.5. The van der Waals surface area contributed by atoms with E-state index in [1.54, 1.807) is 0 Å². The molecule has 0 spiro atoms. The maximum Gasteiger partial charge on any atom is 0.338 e. The lowest BCUT2D eigenvalue weighted by atomic mass is 10.0. The molecule has 0 aromatic heterocycles. The van der Waals surface area contributed by atoms with Gasteiger partial charge in [0.05, 0.1) is 14.2 Å². The van der Waals surface area contributed by atoms with E-state index < -0.39 is 29.9 Å². The van der Waals surface area contributed by atoms with Gasteiger partial charge in [0.2, 0.25) is 0 Å². The van der Waals surface area contributed by atoms with Crippen molar-refractivity contribution >= 4 is 11.9 Å². The Labute approximate surface area is 122 Å². The molecule has 6 nitrogen and oxygen atoms in total. The van der Waals surface area contributed by atoms with Gasteiger partial charge in [0.25, 0.3) is 0 Å². The summed E-state index contributed by atoms with van der Waals surface area (Å²) in [5, 5.41) is 0. The van der Waals surface area contributed by atoms with Crippen LogP contribution in [0.2, 0.25) is 0 Å². The van der Waals surface area contributed by atoms with Crippen LogP contribution in [0.1, 0.15) is 18.9 Å². The summed E-state index contributed by atoms with van der Waals surface area (Å²) in [7, 11) is 2.46. The quantitative estimate of drug-likeness (QED) is 0.781. The van der Waals surface area contributed by atoms with Crippen LogP contribution >= 0.6 is 0 Å². The molecule has 1 aromatic rings. The van der Waals surface area contributed by atoms with Crippen molar-refractivity contribution < 1.29 is 28.5 Å². The average molecular weight is 294 g/mol. The van der Waals surface area contributed by atoms with Crippen molar-refractivity contribution in [1.82, 2.24) is 0 Å². The van der Waals surface area contributed by atoms with E-state index in [0.717, 1.165) is 5.56 Å². The summed E-state index contributed by atoms with van der Waals surface area (Å²) in [6.45, 7) is 1.85. The number of hydrogen-bond donors (Lipinski definition) is 0. The van der Waals surface area contributed by atoms with Gasteiger partial charge in [0, 0.05) is 12.0 Å². The summed E-state index contributed by atoms with van der Waals surface area (Å²) in [6.07, 6.45) is -1.87. The second-order valence-corrected chi connectivity index (χ2v) is 4.60. The van der Waals surface area contributed by atoms with Gasteiger partial charge in [-0.05, 0) is 0 Å². The smallest absolute Gasteiger partial charge is 0.338 e. The van der Waals surface area contributed by atoms with E-state index in [0.29, 0.717) is 6.42 Å². The standard InChI is InChI=1S/C15H18O6/c1-4-15(10-8-6-5-7-9-10)20-11(13(16)18-2)12(21-15)14(17)19-3/h5-9,11-12H,4H2,1-3H3/t11-,12-/m1/s1. The van der Waals surface area contributed by atoms with Gasteiger partial charge in [-0.25, -0.2) is 9.59 Å². The molecule has 6 heteroatoms. The van der Waals surface area contributed by atoms with Crippen LogP contribution in [0.3, 0.4) is 0 Å². The molecule has 1 fully saturated rings. The van der Waals surface area contributed by atoms with E-state index in [4.69, 9.17) is 9.47 Å². The molecule has 114 valence electrons. The predicted molar refractivity (Wildman–Crippen MR) is 72.2 cm³/mol. The third kappa shape index (κ3) is 2.77. The van der Waals surface area contributed by atoms with Crippen molar-refractivity contribution in [2.45, 2.75) is 31.3 Å². The summed E-state index contributed by atoms with van der Waals surface area (Å²) in [5.74, 6) is -2.51. The van der Waals surface area contributed by atoms with Crippen molar-refractivity contribution in [3.63, 3.8) is 0 Å². The average Bonchev–Trinajstić information content (AvgIpc) is 2.95. The number of esters is 2. The summed E-state index contributed by atoms with van der Waals surface area (Å²) < 4.78 is 20.9. The molecule has 0 saturated carbocycles. The Morgan fingerprint density at radius 3 is 1.90 bits per heavy atom. The molecule has 0 amide bonds. The molecular formula is C15H18O6. The lowest BCUT2D eigenvalue weighted by molar-refractivity contribution is -0.196. The van der Waals surface area contributed by atoms with Gasteiger partial charge in [-0.15, -0.1) is 0 Å². The largest absolute Gasteiger partial charge is 0.467 e. The fourth-order valence-corrected chi connectivity index (χ4v) is 2.34. The van der Waals surface area contributed by atoms with E-state index >= 15 is 0 Å². The highest BCUT2D eigenvalue weighted by molar-refractivity contribution is 5.86. The summed E-state index contributed by atoms with van der Waals surface area (Å²) >= 11 is 0. The topological polar surface area (TPSA) is 71.1 Å². The van der Waals surface area contributed by atoms with Crippen molar-refractivity contribution in [3.05, 3.63) is 35.9 Å². The fourth-order valence-electron chi connectivity index (χ4n) is 2.34. The number of methoxy groups -OCH3 is 2. The van der Waals surface area contributed by atoms with Crippen LogP contribution in [0.5, 0.6) is 0 Å². The summed E-state index contributed by atoms with van der Waals surface area (Å²) in [6, 6.07) is 9.16. The van der Waals surface area contributed by atoms with Crippen LogP contribution < -0.4 is 0 Å². The van der Waals surface area contributed by atoms with Crippen LogP contribution in [-0.4, -0.2) is 38.4 Å². The second-order valence-electron chi connectivity index (χ2n) is 4.60. The first-order chi connectivity index (χ1) is 10.1. The Balaban J connectivity index is 2.38. The van der Waals surface area contributed by atoms with Gasteiger partial charge in [-0.1, -0.05) is 37.3 Å². The Morgan fingerprint density at radius 1 is 1.05 bits per heavy atom. The minimum absolute atomic E-state index is 0.429. The monoisotopic (exact) mass is 294 g/mol. The van der Waals surface area contributed by atoms with Gasteiger partial charge in [-0.2, -0.15) is 0 Å². The van der Waals surface area contributed by atoms with E-state index in [1.165, 1.54) is 14.2 Å². The van der Waals surface area contributed by atoms with Gasteiger partial charge in [-0.3, -0.25) is 0 Å². The van der Waals surface area contributed by atoms with E-state index in [9.17, 15) is 9.59 Å². The molecule has 0 bridgehead atoms. The summed E-state index contributed by atoms with van der Waals surface area (Å²) in [4.78, 5) is 23.7. The van der Waals surface area contributed by atoms with E-state index in [1.807, 2.05) is 37.3 Å². The highest BCUT2D eigenvalue weighted by atomic mass is 16.8. The van der Waals surface area contributed by atoms with Gasteiger partial charge < -0.3 is 18.9 Å². The molecule has 2 atom stereocenters. The van der Waals surface area contributed by atoms with Crippen LogP contribution in [0, 0.1) is 0 Å². The number of carbonyl (C=O) groups excluding carboxylic acids is 2. The molecule has 1 aliphatic rings. The highest BCUT2D eigenvalue weighted by Crippen LogP contribution is 2.41. The fraction of sp³-hybridized carbons (Fsp3) is 0.467. The Hall–Kier alpha value is -1.92. The minimum atomic E-state index is -1.17. The molecule has 0 N–H and O–H groups in total. The maximum atomic E-state index is 11.8. The molecular weight excluding hydrogens is 276 g/mol. The Morgan fingerprint density at radius 2 is 1.52 bits per heavy atom. The lowest BCUT2D eigenvalue weighted by Crippen LogP contribution is -2.38. The van der Waals surface area contributed by atoms with E-state index in [2.05, 4.69) is 9.47 Å². The number of carbonyl (C=O) groups is 2. The van der Waals surface area contributed by atoms with Crippen LogP contribution in [0.25, 0.3) is 0 Å². The van der Waals surface area contributed by atoms with Crippen LogP contribution in [0.15, 0.2) is 30.3 Å². The minimum Gasteiger partial charge on any atom is -0.467 e. The first-order valence-electron chi connectivity index (χ1n) is 6.64. The molecule has 0 aliphatic carbocycles. The maximum absolute atomic E-state index is 11.8. The Bertz CT molecular complexity index is 488. The molecule has 1 heterocycles. The molecule has 1 saturated heterocycles. The third-order valence-corrected chi connectivity index (χ3v) is 3.46. The van der Waals surface area contributed by atoms with Crippen LogP contribution in [0.4, 0.5) is 0 Å². The zero-order valence-corrected chi connectivity index (χ0v) is 12.2. The predicted octanol–water partition coefficient (Wildman–Crippen LogP) is 1.38. The molecule has 1 aromatic carbocycles. The first-order valence-corrected chi connectivity index (χ1v) is 6.64. The molecule has 0 unspecified atom stereocenters. The Kier molecular flexibility index (Phi) is 4.59. The number of benzene rings is 1.